The minimum atomic E-state index is -0.930. The van der Waals surface area contributed by atoms with E-state index in [1.54, 1.807) is 12.4 Å². The third-order valence-electron chi connectivity index (χ3n) is 3.27. The van der Waals surface area contributed by atoms with Gasteiger partial charge >= 0.3 is 5.97 Å². The molecule has 20 heavy (non-hydrogen) atoms. The Morgan fingerprint density at radius 1 is 1.50 bits per heavy atom. The van der Waals surface area contributed by atoms with Gasteiger partial charge in [-0.2, -0.15) is 0 Å². The summed E-state index contributed by atoms with van der Waals surface area (Å²) in [5, 5.41) is 11.2. The number of carboxylic acids is 1. The Morgan fingerprint density at radius 3 is 2.80 bits per heavy atom. The number of carbonyl (C=O) groups is 1. The number of nitrogens with one attached hydrogen (secondary N) is 1. The highest BCUT2D eigenvalue weighted by Crippen LogP contribution is 2.20. The minimum absolute atomic E-state index is 0.176. The van der Waals surface area contributed by atoms with Crippen molar-refractivity contribution in [3.05, 3.63) is 30.1 Å². The molecule has 0 aliphatic carbocycles. The predicted molar refractivity (Wildman–Crippen MR) is 76.3 cm³/mol. The summed E-state index contributed by atoms with van der Waals surface area (Å²) in [7, 11) is 0. The van der Waals surface area contributed by atoms with Crippen molar-refractivity contribution in [2.45, 2.75) is 26.4 Å². The molecule has 2 N–H and O–H groups in total. The van der Waals surface area contributed by atoms with Crippen LogP contribution in [0.5, 0.6) is 0 Å². The molecule has 1 aromatic heterocycles. The lowest BCUT2D eigenvalue weighted by Gasteiger charge is -2.27. The second kappa shape index (κ2) is 6.47. The van der Waals surface area contributed by atoms with E-state index in [9.17, 15) is 4.79 Å². The van der Waals surface area contributed by atoms with Gasteiger partial charge in [0, 0.05) is 37.1 Å². The lowest BCUT2D eigenvalue weighted by molar-refractivity contribution is -0.134. The van der Waals surface area contributed by atoms with E-state index in [0.29, 0.717) is 17.9 Å². The molecule has 0 radical (unpaired) electrons. The van der Waals surface area contributed by atoms with Gasteiger partial charge in [0.05, 0.1) is 0 Å². The first-order chi connectivity index (χ1) is 9.56. The fourth-order valence-electron chi connectivity index (χ4n) is 2.31. The second-order valence-corrected chi connectivity index (χ2v) is 5.25. The molecular weight excluding hydrogens is 256 g/mol. The molecule has 0 saturated heterocycles. The van der Waals surface area contributed by atoms with Crippen LogP contribution in [0.3, 0.4) is 0 Å². The number of aliphatic carboxylic acids is 1. The van der Waals surface area contributed by atoms with Gasteiger partial charge < -0.3 is 10.4 Å². The number of hydrogen-bond donors (Lipinski definition) is 2. The summed E-state index contributed by atoms with van der Waals surface area (Å²) in [4.78, 5) is 21.1. The van der Waals surface area contributed by atoms with Crippen molar-refractivity contribution >= 4 is 11.9 Å². The van der Waals surface area contributed by atoms with Gasteiger partial charge in [-0.1, -0.05) is 26.0 Å². The third kappa shape index (κ3) is 3.77. The van der Waals surface area contributed by atoms with Crippen LogP contribution in [0.2, 0.25) is 0 Å². The molecule has 0 spiro atoms. The molecule has 6 nitrogen and oxygen atoms in total. The Hall–Kier alpha value is -1.95. The van der Waals surface area contributed by atoms with Gasteiger partial charge in [0.1, 0.15) is 6.54 Å². The van der Waals surface area contributed by atoms with Gasteiger partial charge in [0.25, 0.3) is 0 Å². The average Bonchev–Trinajstić information content (AvgIpc) is 2.86. The van der Waals surface area contributed by atoms with Crippen LogP contribution in [-0.4, -0.2) is 45.1 Å². The Balaban J connectivity index is 1.92. The molecule has 0 aromatic carbocycles. The van der Waals surface area contributed by atoms with E-state index in [-0.39, 0.29) is 6.54 Å². The van der Waals surface area contributed by atoms with Crippen LogP contribution in [0, 0.1) is 5.92 Å². The first-order valence-corrected chi connectivity index (χ1v) is 6.73. The number of nitrogens with zero attached hydrogens (tertiary/aromatic N) is 3. The molecule has 0 bridgehead atoms. The molecule has 0 fully saturated rings. The van der Waals surface area contributed by atoms with E-state index in [0.717, 1.165) is 18.7 Å². The van der Waals surface area contributed by atoms with E-state index in [1.807, 2.05) is 0 Å². The van der Waals surface area contributed by atoms with Gasteiger partial charge in [-0.25, -0.2) is 9.97 Å². The quantitative estimate of drug-likeness (QED) is 0.764. The highest BCUT2D eigenvalue weighted by Gasteiger charge is 2.22. The van der Waals surface area contributed by atoms with Crippen molar-refractivity contribution in [3.63, 3.8) is 0 Å². The van der Waals surface area contributed by atoms with Crippen LogP contribution in [0.15, 0.2) is 24.5 Å². The second-order valence-electron chi connectivity index (χ2n) is 5.25. The predicted octanol–water partition coefficient (Wildman–Crippen LogP) is 1.37. The third-order valence-corrected chi connectivity index (χ3v) is 3.27. The van der Waals surface area contributed by atoms with Crippen molar-refractivity contribution in [3.8, 4) is 0 Å². The maximum absolute atomic E-state index is 10.4. The summed E-state index contributed by atoms with van der Waals surface area (Å²) in [6.07, 6.45) is 7.92. The highest BCUT2D eigenvalue weighted by molar-refractivity contribution is 5.71. The lowest BCUT2D eigenvalue weighted by atomic mass is 10.0. The molecule has 0 saturated carbocycles. The Morgan fingerprint density at radius 2 is 2.20 bits per heavy atom. The number of carboxylic acid groups (broad SMARTS) is 1. The summed E-state index contributed by atoms with van der Waals surface area (Å²) in [6.45, 7) is 5.99. The van der Waals surface area contributed by atoms with Crippen LogP contribution in [0.25, 0.3) is 0 Å². The smallest absolute Gasteiger partial charge is 0.322 e. The van der Waals surface area contributed by atoms with Crippen LogP contribution < -0.4 is 5.32 Å². The summed E-state index contributed by atoms with van der Waals surface area (Å²) in [5.74, 6) is -0.0112. The molecule has 0 amide bonds. The summed E-state index contributed by atoms with van der Waals surface area (Å²) < 4.78 is 0. The maximum atomic E-state index is 10.4. The van der Waals surface area contributed by atoms with E-state index in [4.69, 9.17) is 5.11 Å². The van der Waals surface area contributed by atoms with E-state index in [1.165, 1.54) is 0 Å². The van der Waals surface area contributed by atoms with Gasteiger partial charge in [0.15, 0.2) is 0 Å². The Bertz CT molecular complexity index is 484. The molecular formula is C14H20N4O2. The zero-order valence-electron chi connectivity index (χ0n) is 11.8. The topological polar surface area (TPSA) is 78.4 Å². The van der Waals surface area contributed by atoms with Crippen LogP contribution in [0.4, 0.5) is 5.95 Å². The number of hydrogen-bond acceptors (Lipinski definition) is 5. The highest BCUT2D eigenvalue weighted by atomic mass is 16.4. The van der Waals surface area contributed by atoms with Crippen molar-refractivity contribution in [2.75, 3.05) is 18.4 Å². The van der Waals surface area contributed by atoms with E-state index in [2.05, 4.69) is 46.2 Å². The SMILES string of the molecule is CC(C)C1C=CCN1Cc1cnc(NCC(=O)O)nc1. The van der Waals surface area contributed by atoms with Gasteiger partial charge in [-0.3, -0.25) is 9.69 Å². The van der Waals surface area contributed by atoms with Crippen molar-refractivity contribution in [1.29, 1.82) is 0 Å². The first-order valence-electron chi connectivity index (χ1n) is 6.73. The molecule has 6 heteroatoms. The van der Waals surface area contributed by atoms with Crippen LogP contribution in [-0.2, 0) is 11.3 Å². The number of anilines is 1. The van der Waals surface area contributed by atoms with Crippen molar-refractivity contribution in [1.82, 2.24) is 14.9 Å². The molecule has 1 aliphatic heterocycles. The Kier molecular flexibility index (Phi) is 4.68. The zero-order valence-corrected chi connectivity index (χ0v) is 11.8. The van der Waals surface area contributed by atoms with Crippen LogP contribution >= 0.6 is 0 Å². The molecule has 2 heterocycles. The molecule has 1 aromatic rings. The maximum Gasteiger partial charge on any atom is 0.322 e. The average molecular weight is 276 g/mol. The monoisotopic (exact) mass is 276 g/mol. The molecule has 1 aliphatic rings. The minimum Gasteiger partial charge on any atom is -0.480 e. The van der Waals surface area contributed by atoms with Gasteiger partial charge in [-0.15, -0.1) is 0 Å². The van der Waals surface area contributed by atoms with E-state index < -0.39 is 5.97 Å². The van der Waals surface area contributed by atoms with Crippen molar-refractivity contribution < 1.29 is 9.90 Å². The number of aromatic nitrogens is 2. The molecule has 2 rings (SSSR count). The zero-order chi connectivity index (χ0) is 14.5. The van der Waals surface area contributed by atoms with Crippen LogP contribution in [0.1, 0.15) is 19.4 Å². The van der Waals surface area contributed by atoms with E-state index >= 15 is 0 Å². The molecule has 108 valence electrons. The summed E-state index contributed by atoms with van der Waals surface area (Å²) >= 11 is 0. The number of rotatable bonds is 6. The van der Waals surface area contributed by atoms with Gasteiger partial charge in [0.2, 0.25) is 5.95 Å². The fourth-order valence-corrected chi connectivity index (χ4v) is 2.31. The lowest BCUT2D eigenvalue weighted by Crippen LogP contribution is -2.33. The molecule has 1 atom stereocenters. The first kappa shape index (κ1) is 14.5. The largest absolute Gasteiger partial charge is 0.480 e. The van der Waals surface area contributed by atoms with Gasteiger partial charge in [-0.05, 0) is 5.92 Å². The molecule has 1 unspecified atom stereocenters. The summed E-state index contributed by atoms with van der Waals surface area (Å²) in [5.41, 5.74) is 1.03. The fraction of sp³-hybridized carbons (Fsp3) is 0.500. The van der Waals surface area contributed by atoms with Crippen molar-refractivity contribution in [2.24, 2.45) is 5.92 Å². The Labute approximate surface area is 118 Å². The standard InChI is InChI=1S/C14H20N4O2/c1-10(2)12-4-3-5-18(12)9-11-6-15-14(16-7-11)17-8-13(19)20/h3-4,6-7,10,12H,5,8-9H2,1-2H3,(H,19,20)(H,15,16,17). The summed E-state index contributed by atoms with van der Waals surface area (Å²) in [6, 6.07) is 0.458. The normalized spacial score (nSPS) is 18.6.